The van der Waals surface area contributed by atoms with Gasteiger partial charge in [-0.25, -0.2) is 4.68 Å². The van der Waals surface area contributed by atoms with Crippen LogP contribution in [-0.2, 0) is 16.1 Å². The molecule has 0 saturated carbocycles. The Kier molecular flexibility index (Phi) is 7.10. The molecule has 0 fully saturated rings. The second-order valence-corrected chi connectivity index (χ2v) is 7.53. The first-order chi connectivity index (χ1) is 16.6. The van der Waals surface area contributed by atoms with Crippen LogP contribution in [0, 0.1) is 0 Å². The number of nitrogens with zero attached hydrogens (tertiary/aromatic N) is 2. The number of amides is 2. The van der Waals surface area contributed by atoms with E-state index in [2.05, 4.69) is 16.0 Å². The Balaban J connectivity index is 1.44. The Labute approximate surface area is 196 Å². The molecule has 4 aromatic rings. The largest absolute Gasteiger partial charge is 0.359 e. The lowest BCUT2D eigenvalue weighted by Gasteiger charge is -2.19. The van der Waals surface area contributed by atoms with Crippen molar-refractivity contribution in [2.45, 2.75) is 19.6 Å². The van der Waals surface area contributed by atoms with E-state index in [0.29, 0.717) is 17.3 Å². The molecule has 1 aromatic heterocycles. The first-order valence-electron chi connectivity index (χ1n) is 10.9. The molecule has 0 aliphatic rings. The maximum Gasteiger partial charge on any atom is 0.290 e. The van der Waals surface area contributed by atoms with Crippen LogP contribution in [0.2, 0.25) is 0 Å². The fourth-order valence-corrected chi connectivity index (χ4v) is 3.64. The van der Waals surface area contributed by atoms with E-state index in [0.717, 1.165) is 11.1 Å². The number of hydrazine groups is 1. The lowest BCUT2D eigenvalue weighted by molar-refractivity contribution is -0.127. The molecule has 0 atom stereocenters. The van der Waals surface area contributed by atoms with Gasteiger partial charge in [-0.15, -0.1) is 0 Å². The van der Waals surface area contributed by atoms with Gasteiger partial charge < -0.3 is 4.74 Å². The topological polar surface area (TPSA) is 102 Å². The smallest absolute Gasteiger partial charge is 0.290 e. The van der Waals surface area contributed by atoms with Crippen LogP contribution in [0.5, 0.6) is 0 Å². The lowest BCUT2D eigenvalue weighted by Crippen LogP contribution is -2.44. The van der Waals surface area contributed by atoms with Crippen molar-refractivity contribution in [3.8, 4) is 0 Å². The van der Waals surface area contributed by atoms with Crippen LogP contribution < -0.4 is 16.4 Å². The standard InChI is InChI=1S/C26H24N4O4/c1-2-30-26(33)21-16-10-9-15-20(21)23(29-30)25(32)28-27-22(31)17-34-24(18-11-5-3-6-12-18)19-13-7-4-8-14-19/h3-16,24H,2,17H2,1H3,(H,27,31)(H,28,32). The molecule has 1 heterocycles. The summed E-state index contributed by atoms with van der Waals surface area (Å²) < 4.78 is 7.13. The van der Waals surface area contributed by atoms with E-state index in [1.807, 2.05) is 60.7 Å². The summed E-state index contributed by atoms with van der Waals surface area (Å²) in [6, 6.07) is 25.9. The van der Waals surface area contributed by atoms with E-state index in [-0.39, 0.29) is 17.9 Å². The number of aryl methyl sites for hydroxylation is 1. The number of carbonyl (C=O) groups is 2. The van der Waals surface area contributed by atoms with Crippen LogP contribution in [0.4, 0.5) is 0 Å². The summed E-state index contributed by atoms with van der Waals surface area (Å²) in [6.45, 7) is 1.79. The van der Waals surface area contributed by atoms with Gasteiger partial charge in [-0.3, -0.25) is 25.2 Å². The lowest BCUT2D eigenvalue weighted by atomic mass is 10.0. The fourth-order valence-electron chi connectivity index (χ4n) is 3.64. The highest BCUT2D eigenvalue weighted by Gasteiger charge is 2.19. The summed E-state index contributed by atoms with van der Waals surface area (Å²) in [5.74, 6) is -1.16. The monoisotopic (exact) mass is 456 g/mol. The van der Waals surface area contributed by atoms with Crippen molar-refractivity contribution < 1.29 is 14.3 Å². The van der Waals surface area contributed by atoms with Crippen LogP contribution in [0.1, 0.15) is 34.6 Å². The Morgan fingerprint density at radius 1 is 0.853 bits per heavy atom. The molecule has 0 aliphatic heterocycles. The third-order valence-electron chi connectivity index (χ3n) is 5.28. The van der Waals surface area contributed by atoms with Gasteiger partial charge in [-0.2, -0.15) is 5.10 Å². The van der Waals surface area contributed by atoms with Crippen molar-refractivity contribution in [2.75, 3.05) is 6.61 Å². The molecule has 172 valence electrons. The summed E-state index contributed by atoms with van der Waals surface area (Å²) >= 11 is 0. The van der Waals surface area contributed by atoms with Crippen LogP contribution in [0.3, 0.4) is 0 Å². The normalized spacial score (nSPS) is 10.9. The Hall–Kier alpha value is -4.30. The van der Waals surface area contributed by atoms with Crippen molar-refractivity contribution in [1.82, 2.24) is 20.6 Å². The van der Waals surface area contributed by atoms with Crippen molar-refractivity contribution in [2.24, 2.45) is 0 Å². The van der Waals surface area contributed by atoms with Crippen molar-refractivity contribution in [3.05, 3.63) is 112 Å². The number of carbonyl (C=O) groups excluding carboxylic acids is 2. The molecule has 2 N–H and O–H groups in total. The molecule has 2 amide bonds. The second kappa shape index (κ2) is 10.5. The molecule has 34 heavy (non-hydrogen) atoms. The van der Waals surface area contributed by atoms with Crippen LogP contribution in [0.15, 0.2) is 89.7 Å². The molecule has 0 unspecified atom stereocenters. The first-order valence-corrected chi connectivity index (χ1v) is 10.9. The average molecular weight is 457 g/mol. The maximum absolute atomic E-state index is 12.8. The molecular formula is C26H24N4O4. The molecule has 4 rings (SSSR count). The molecule has 3 aromatic carbocycles. The summed E-state index contributed by atoms with van der Waals surface area (Å²) in [6.07, 6.45) is -0.442. The summed E-state index contributed by atoms with van der Waals surface area (Å²) in [5, 5.41) is 4.95. The van der Waals surface area contributed by atoms with Gasteiger partial charge in [0.1, 0.15) is 12.7 Å². The summed E-state index contributed by atoms with van der Waals surface area (Å²) in [5.41, 5.74) is 6.31. The Bertz CT molecular complexity index is 1310. The third kappa shape index (κ3) is 5.02. The second-order valence-electron chi connectivity index (χ2n) is 7.53. The summed E-state index contributed by atoms with van der Waals surface area (Å²) in [4.78, 5) is 37.7. The van der Waals surface area contributed by atoms with Gasteiger partial charge in [0.05, 0.1) is 5.39 Å². The molecule has 0 aliphatic carbocycles. The average Bonchev–Trinajstić information content (AvgIpc) is 2.89. The number of benzene rings is 3. The SMILES string of the molecule is CCn1nc(C(=O)NNC(=O)COC(c2ccccc2)c2ccccc2)c2ccccc2c1=O. The molecular weight excluding hydrogens is 432 g/mol. The minimum absolute atomic E-state index is 0.0460. The quantitative estimate of drug-likeness (QED) is 0.416. The van der Waals surface area contributed by atoms with Crippen LogP contribution in [-0.4, -0.2) is 28.2 Å². The van der Waals surface area contributed by atoms with Crippen molar-refractivity contribution >= 4 is 22.6 Å². The molecule has 8 nitrogen and oxygen atoms in total. The number of hydrogen-bond acceptors (Lipinski definition) is 5. The van der Waals surface area contributed by atoms with Gasteiger partial charge in [0, 0.05) is 11.9 Å². The number of rotatable bonds is 7. The highest BCUT2D eigenvalue weighted by atomic mass is 16.5. The zero-order chi connectivity index (χ0) is 23.9. The van der Waals surface area contributed by atoms with Gasteiger partial charge >= 0.3 is 0 Å². The number of hydrogen-bond donors (Lipinski definition) is 2. The van der Waals surface area contributed by atoms with Crippen molar-refractivity contribution in [3.63, 3.8) is 0 Å². The molecule has 0 bridgehead atoms. The molecule has 0 saturated heterocycles. The van der Waals surface area contributed by atoms with E-state index in [9.17, 15) is 14.4 Å². The molecule has 0 spiro atoms. The van der Waals surface area contributed by atoms with E-state index in [1.165, 1.54) is 4.68 Å². The number of ether oxygens (including phenoxy) is 1. The molecule has 0 radical (unpaired) electrons. The minimum atomic E-state index is -0.630. The fraction of sp³-hybridized carbons (Fsp3) is 0.154. The predicted octanol–water partition coefficient (Wildman–Crippen LogP) is 2.98. The van der Waals surface area contributed by atoms with E-state index in [1.54, 1.807) is 31.2 Å². The highest BCUT2D eigenvalue weighted by Crippen LogP contribution is 2.25. The predicted molar refractivity (Wildman–Crippen MR) is 128 cm³/mol. The third-order valence-corrected chi connectivity index (χ3v) is 5.28. The van der Waals surface area contributed by atoms with Gasteiger partial charge in [0.25, 0.3) is 17.4 Å². The number of fused-ring (bicyclic) bond motifs is 1. The Morgan fingerprint density at radius 3 is 2.00 bits per heavy atom. The van der Waals surface area contributed by atoms with Crippen LogP contribution >= 0.6 is 0 Å². The van der Waals surface area contributed by atoms with Gasteiger partial charge in [-0.1, -0.05) is 78.9 Å². The zero-order valence-electron chi connectivity index (χ0n) is 18.6. The Morgan fingerprint density at radius 2 is 1.41 bits per heavy atom. The minimum Gasteiger partial charge on any atom is -0.359 e. The van der Waals surface area contributed by atoms with E-state index >= 15 is 0 Å². The van der Waals surface area contributed by atoms with E-state index in [4.69, 9.17) is 4.74 Å². The first kappa shape index (κ1) is 22.9. The van der Waals surface area contributed by atoms with Gasteiger partial charge in [-0.05, 0) is 24.1 Å². The maximum atomic E-state index is 12.8. The van der Waals surface area contributed by atoms with Gasteiger partial charge in [0.2, 0.25) is 0 Å². The highest BCUT2D eigenvalue weighted by molar-refractivity contribution is 6.05. The molecule has 8 heteroatoms. The number of nitrogens with one attached hydrogen (secondary N) is 2. The van der Waals surface area contributed by atoms with Crippen molar-refractivity contribution in [1.29, 1.82) is 0 Å². The van der Waals surface area contributed by atoms with Crippen LogP contribution in [0.25, 0.3) is 10.8 Å². The summed E-state index contributed by atoms with van der Waals surface area (Å²) in [7, 11) is 0. The zero-order valence-corrected chi connectivity index (χ0v) is 18.6. The van der Waals surface area contributed by atoms with Gasteiger partial charge in [0.15, 0.2) is 5.69 Å². The van der Waals surface area contributed by atoms with E-state index < -0.39 is 17.9 Å². The number of aromatic nitrogens is 2.